The van der Waals surface area contributed by atoms with E-state index in [0.717, 1.165) is 0 Å². The van der Waals surface area contributed by atoms with Gasteiger partial charge in [-0.05, 0) is 12.5 Å². The van der Waals surface area contributed by atoms with Gasteiger partial charge in [-0.25, -0.2) is 9.97 Å². The summed E-state index contributed by atoms with van der Waals surface area (Å²) in [5.41, 5.74) is 12.5. The van der Waals surface area contributed by atoms with Crippen molar-refractivity contribution in [2.75, 3.05) is 11.5 Å². The van der Waals surface area contributed by atoms with Crippen molar-refractivity contribution < 1.29 is 0 Å². The Morgan fingerprint density at radius 1 is 1.06 bits per heavy atom. The van der Waals surface area contributed by atoms with Crippen LogP contribution >= 0.6 is 11.8 Å². The van der Waals surface area contributed by atoms with E-state index in [-0.39, 0.29) is 5.25 Å². The number of aromatic nitrogens is 2. The second kappa shape index (κ2) is 5.05. The first kappa shape index (κ1) is 11.7. The molecule has 4 nitrogen and oxygen atoms in total. The molecule has 1 heterocycles. The highest BCUT2D eigenvalue weighted by atomic mass is 32.2. The maximum absolute atomic E-state index is 5.63. The molecule has 0 saturated carbocycles. The molecule has 5 heteroatoms. The third kappa shape index (κ3) is 3.10. The van der Waals surface area contributed by atoms with Crippen molar-refractivity contribution in [3.8, 4) is 0 Å². The van der Waals surface area contributed by atoms with E-state index in [0.29, 0.717) is 16.8 Å². The van der Waals surface area contributed by atoms with E-state index in [2.05, 4.69) is 29.0 Å². The SMILES string of the molecule is CC(Sc1nc(N)cc(N)n1)c1ccccc1. The second-order valence-corrected chi connectivity index (χ2v) is 4.98. The number of nitrogen functional groups attached to an aromatic ring is 2. The molecule has 0 spiro atoms. The minimum atomic E-state index is 0.261. The standard InChI is InChI=1S/C12H14N4S/c1-8(9-5-3-2-4-6-9)17-12-15-10(13)7-11(14)16-12/h2-8H,1H3,(H4,13,14,15,16). The molecular weight excluding hydrogens is 232 g/mol. The smallest absolute Gasteiger partial charge is 0.192 e. The van der Waals surface area contributed by atoms with Gasteiger partial charge >= 0.3 is 0 Å². The lowest BCUT2D eigenvalue weighted by atomic mass is 10.2. The van der Waals surface area contributed by atoms with E-state index in [1.165, 1.54) is 5.56 Å². The molecule has 1 aromatic heterocycles. The van der Waals surface area contributed by atoms with Gasteiger partial charge in [0.25, 0.3) is 0 Å². The molecule has 0 bridgehead atoms. The molecule has 4 N–H and O–H groups in total. The summed E-state index contributed by atoms with van der Waals surface area (Å²) >= 11 is 1.54. The summed E-state index contributed by atoms with van der Waals surface area (Å²) < 4.78 is 0. The Morgan fingerprint density at radius 2 is 1.65 bits per heavy atom. The van der Waals surface area contributed by atoms with Gasteiger partial charge in [-0.15, -0.1) is 0 Å². The van der Waals surface area contributed by atoms with E-state index in [1.54, 1.807) is 17.8 Å². The molecule has 0 aliphatic heterocycles. The first-order valence-corrected chi connectivity index (χ1v) is 6.15. The molecular formula is C12H14N4S. The van der Waals surface area contributed by atoms with Gasteiger partial charge in [0.15, 0.2) is 5.16 Å². The summed E-state index contributed by atoms with van der Waals surface area (Å²) in [6, 6.07) is 11.7. The summed E-state index contributed by atoms with van der Waals surface area (Å²) in [7, 11) is 0. The monoisotopic (exact) mass is 246 g/mol. The molecule has 0 fully saturated rings. The van der Waals surface area contributed by atoms with Gasteiger partial charge in [0.1, 0.15) is 11.6 Å². The lowest BCUT2D eigenvalue weighted by Crippen LogP contribution is -2.00. The van der Waals surface area contributed by atoms with Crippen LogP contribution in [0, 0.1) is 0 Å². The van der Waals surface area contributed by atoms with E-state index < -0.39 is 0 Å². The minimum absolute atomic E-state index is 0.261. The topological polar surface area (TPSA) is 77.8 Å². The first-order valence-electron chi connectivity index (χ1n) is 5.27. The number of thioether (sulfide) groups is 1. The van der Waals surface area contributed by atoms with Gasteiger partial charge in [-0.3, -0.25) is 0 Å². The highest BCUT2D eigenvalue weighted by Crippen LogP contribution is 2.32. The molecule has 1 aromatic carbocycles. The lowest BCUT2D eigenvalue weighted by molar-refractivity contribution is 0.967. The summed E-state index contributed by atoms with van der Waals surface area (Å²) in [5, 5.41) is 0.872. The fraction of sp³-hybridized carbons (Fsp3) is 0.167. The van der Waals surface area contributed by atoms with Crippen LogP contribution in [0.15, 0.2) is 41.6 Å². The zero-order chi connectivity index (χ0) is 12.3. The van der Waals surface area contributed by atoms with E-state index in [1.807, 2.05) is 18.2 Å². The fourth-order valence-electron chi connectivity index (χ4n) is 1.46. The van der Waals surface area contributed by atoms with Crippen molar-refractivity contribution in [2.45, 2.75) is 17.3 Å². The van der Waals surface area contributed by atoms with Crippen molar-refractivity contribution in [2.24, 2.45) is 0 Å². The third-order valence-electron chi connectivity index (χ3n) is 2.30. The molecule has 1 atom stereocenters. The van der Waals surface area contributed by atoms with Crippen molar-refractivity contribution in [3.63, 3.8) is 0 Å². The van der Waals surface area contributed by atoms with E-state index >= 15 is 0 Å². The van der Waals surface area contributed by atoms with Crippen LogP contribution in [0.3, 0.4) is 0 Å². The maximum atomic E-state index is 5.63. The number of benzene rings is 1. The molecule has 0 radical (unpaired) electrons. The Morgan fingerprint density at radius 3 is 2.24 bits per heavy atom. The highest BCUT2D eigenvalue weighted by Gasteiger charge is 2.09. The average Bonchev–Trinajstić information content (AvgIpc) is 2.28. The van der Waals surface area contributed by atoms with Gasteiger partial charge in [0, 0.05) is 11.3 Å². The Bertz CT molecular complexity index is 481. The fourth-order valence-corrected chi connectivity index (χ4v) is 2.39. The van der Waals surface area contributed by atoms with Gasteiger partial charge in [0.05, 0.1) is 0 Å². The molecule has 88 valence electrons. The zero-order valence-corrected chi connectivity index (χ0v) is 10.3. The number of anilines is 2. The zero-order valence-electron chi connectivity index (χ0n) is 9.50. The summed E-state index contributed by atoms with van der Waals surface area (Å²) in [5.74, 6) is 0.806. The number of nitrogens with zero attached hydrogens (tertiary/aromatic N) is 2. The molecule has 2 rings (SSSR count). The Labute approximate surface area is 104 Å². The van der Waals surface area contributed by atoms with E-state index in [4.69, 9.17) is 11.5 Å². The minimum Gasteiger partial charge on any atom is -0.383 e. The Kier molecular flexibility index (Phi) is 3.49. The van der Waals surface area contributed by atoms with Crippen molar-refractivity contribution >= 4 is 23.4 Å². The van der Waals surface area contributed by atoms with Gasteiger partial charge in [-0.1, -0.05) is 42.1 Å². The van der Waals surface area contributed by atoms with Crippen molar-refractivity contribution in [1.29, 1.82) is 0 Å². The molecule has 17 heavy (non-hydrogen) atoms. The van der Waals surface area contributed by atoms with Gasteiger partial charge < -0.3 is 11.5 Å². The number of hydrogen-bond donors (Lipinski definition) is 2. The molecule has 2 aromatic rings. The van der Waals surface area contributed by atoms with Crippen LogP contribution in [0.2, 0.25) is 0 Å². The molecule has 0 saturated heterocycles. The van der Waals surface area contributed by atoms with Crippen LogP contribution in [-0.4, -0.2) is 9.97 Å². The van der Waals surface area contributed by atoms with Crippen molar-refractivity contribution in [1.82, 2.24) is 9.97 Å². The first-order chi connectivity index (χ1) is 8.15. The number of nitrogens with two attached hydrogens (primary N) is 2. The lowest BCUT2D eigenvalue weighted by Gasteiger charge is -2.10. The summed E-state index contributed by atoms with van der Waals surface area (Å²) in [6.07, 6.45) is 0. The maximum Gasteiger partial charge on any atom is 0.192 e. The number of hydrogen-bond acceptors (Lipinski definition) is 5. The molecule has 0 aliphatic rings. The predicted octanol–water partition coefficient (Wildman–Crippen LogP) is 2.49. The van der Waals surface area contributed by atoms with Crippen LogP contribution in [-0.2, 0) is 0 Å². The summed E-state index contributed by atoms with van der Waals surface area (Å²) in [4.78, 5) is 8.30. The van der Waals surface area contributed by atoms with Crippen LogP contribution in [0.25, 0.3) is 0 Å². The Hall–Kier alpha value is -1.75. The van der Waals surface area contributed by atoms with Crippen LogP contribution in [0.4, 0.5) is 11.6 Å². The second-order valence-electron chi connectivity index (χ2n) is 3.67. The van der Waals surface area contributed by atoms with E-state index in [9.17, 15) is 0 Å². The Balaban J connectivity index is 2.16. The molecule has 0 amide bonds. The predicted molar refractivity (Wildman–Crippen MR) is 71.6 cm³/mol. The van der Waals surface area contributed by atoms with Crippen LogP contribution in [0.1, 0.15) is 17.7 Å². The summed E-state index contributed by atoms with van der Waals surface area (Å²) in [6.45, 7) is 2.10. The molecule has 1 unspecified atom stereocenters. The van der Waals surface area contributed by atoms with Gasteiger partial charge in [-0.2, -0.15) is 0 Å². The molecule has 0 aliphatic carbocycles. The van der Waals surface area contributed by atoms with Crippen LogP contribution in [0.5, 0.6) is 0 Å². The van der Waals surface area contributed by atoms with Gasteiger partial charge in [0.2, 0.25) is 0 Å². The third-order valence-corrected chi connectivity index (χ3v) is 3.32. The average molecular weight is 246 g/mol. The number of rotatable bonds is 3. The van der Waals surface area contributed by atoms with Crippen molar-refractivity contribution in [3.05, 3.63) is 42.0 Å². The van der Waals surface area contributed by atoms with Crippen LogP contribution < -0.4 is 11.5 Å². The normalized spacial score (nSPS) is 12.3. The quantitative estimate of drug-likeness (QED) is 0.642. The highest BCUT2D eigenvalue weighted by molar-refractivity contribution is 7.99. The largest absolute Gasteiger partial charge is 0.383 e.